The molecule has 1 atom stereocenters. The molecular formula is C30H36FN5. The molecule has 0 spiro atoms. The van der Waals surface area contributed by atoms with E-state index < -0.39 is 5.41 Å². The minimum absolute atomic E-state index is 0.285. The summed E-state index contributed by atoms with van der Waals surface area (Å²) in [5.74, 6) is 0.582. The van der Waals surface area contributed by atoms with Crippen molar-refractivity contribution in [3.05, 3.63) is 102 Å². The second-order valence-electron chi connectivity index (χ2n) is 9.84. The topological polar surface area (TPSA) is 82.2 Å². The van der Waals surface area contributed by atoms with E-state index in [-0.39, 0.29) is 5.82 Å². The fraction of sp³-hybridized carbons (Fsp3) is 0.333. The van der Waals surface area contributed by atoms with Crippen LogP contribution in [0.3, 0.4) is 0 Å². The number of rotatable bonds is 8. The van der Waals surface area contributed by atoms with Crippen LogP contribution in [0.5, 0.6) is 0 Å². The zero-order valence-corrected chi connectivity index (χ0v) is 21.3. The van der Waals surface area contributed by atoms with Gasteiger partial charge in [0.25, 0.3) is 0 Å². The van der Waals surface area contributed by atoms with Crippen molar-refractivity contribution in [2.45, 2.75) is 45.4 Å². The molecule has 2 aliphatic rings. The van der Waals surface area contributed by atoms with Crippen molar-refractivity contribution in [1.29, 1.82) is 0 Å². The van der Waals surface area contributed by atoms with E-state index in [4.69, 9.17) is 16.5 Å². The zero-order valence-electron chi connectivity index (χ0n) is 21.3. The van der Waals surface area contributed by atoms with Crippen molar-refractivity contribution in [2.24, 2.45) is 28.9 Å². The van der Waals surface area contributed by atoms with Gasteiger partial charge in [0.2, 0.25) is 0 Å². The maximum atomic E-state index is 13.5. The van der Waals surface area contributed by atoms with Gasteiger partial charge in [0, 0.05) is 24.9 Å². The smallest absolute Gasteiger partial charge is 0.135 e. The summed E-state index contributed by atoms with van der Waals surface area (Å²) in [6, 6.07) is 6.21. The number of aryl methyl sites for hydroxylation is 1. The average Bonchev–Trinajstić information content (AvgIpc) is 3.31. The Bertz CT molecular complexity index is 1270. The van der Waals surface area contributed by atoms with Crippen LogP contribution in [0, 0.1) is 11.2 Å². The van der Waals surface area contributed by atoms with Crippen LogP contribution in [0.2, 0.25) is 0 Å². The number of allylic oxidation sites excluding steroid dienone is 8. The number of imidazole rings is 1. The minimum Gasteiger partial charge on any atom is -0.404 e. The largest absolute Gasteiger partial charge is 0.404 e. The molecule has 0 radical (unpaired) electrons. The highest BCUT2D eigenvalue weighted by Gasteiger charge is 2.43. The summed E-state index contributed by atoms with van der Waals surface area (Å²) >= 11 is 0. The molecule has 1 aromatic heterocycles. The number of nitrogens with two attached hydrogens (primary N) is 2. The van der Waals surface area contributed by atoms with E-state index in [9.17, 15) is 4.39 Å². The van der Waals surface area contributed by atoms with Crippen LogP contribution in [0.15, 0.2) is 95.0 Å². The van der Waals surface area contributed by atoms with Gasteiger partial charge in [-0.3, -0.25) is 0 Å². The Labute approximate surface area is 213 Å². The van der Waals surface area contributed by atoms with E-state index in [1.54, 1.807) is 18.3 Å². The van der Waals surface area contributed by atoms with Crippen molar-refractivity contribution in [3.8, 4) is 0 Å². The Morgan fingerprint density at radius 2 is 2.03 bits per heavy atom. The van der Waals surface area contributed by atoms with Crippen molar-refractivity contribution in [3.63, 3.8) is 0 Å². The van der Waals surface area contributed by atoms with Gasteiger partial charge in [0.15, 0.2) is 0 Å². The number of nitrogens with zero attached hydrogens (tertiary/aromatic N) is 3. The first-order valence-corrected chi connectivity index (χ1v) is 12.5. The predicted molar refractivity (Wildman–Crippen MR) is 147 cm³/mol. The quantitative estimate of drug-likeness (QED) is 0.460. The van der Waals surface area contributed by atoms with E-state index in [2.05, 4.69) is 36.7 Å². The van der Waals surface area contributed by atoms with Crippen molar-refractivity contribution >= 4 is 17.0 Å². The third kappa shape index (κ3) is 5.34. The Morgan fingerprint density at radius 3 is 2.64 bits per heavy atom. The molecule has 0 fully saturated rings. The second-order valence-corrected chi connectivity index (χ2v) is 9.84. The molecule has 188 valence electrons. The third-order valence-electron chi connectivity index (χ3n) is 7.32. The van der Waals surface area contributed by atoms with Gasteiger partial charge >= 0.3 is 0 Å². The Hall–Kier alpha value is -3.51. The summed E-state index contributed by atoms with van der Waals surface area (Å²) in [7, 11) is 2.00. The first-order valence-electron chi connectivity index (χ1n) is 12.5. The number of halogens is 1. The van der Waals surface area contributed by atoms with Crippen LogP contribution in [-0.4, -0.2) is 21.8 Å². The maximum absolute atomic E-state index is 13.5. The van der Waals surface area contributed by atoms with Gasteiger partial charge in [-0.15, -0.1) is 0 Å². The number of benzene rings is 1. The van der Waals surface area contributed by atoms with Gasteiger partial charge in [-0.25, -0.2) is 14.4 Å². The predicted octanol–water partition coefficient (Wildman–Crippen LogP) is 6.30. The molecule has 2 aliphatic carbocycles. The Morgan fingerprint density at radius 1 is 1.25 bits per heavy atom. The molecule has 4 N–H and O–H groups in total. The van der Waals surface area contributed by atoms with Crippen molar-refractivity contribution in [1.82, 2.24) is 9.55 Å². The molecule has 5 nitrogen and oxygen atoms in total. The molecule has 1 aromatic carbocycles. The normalized spacial score (nSPS) is 22.4. The molecular weight excluding hydrogens is 449 g/mol. The van der Waals surface area contributed by atoms with Gasteiger partial charge in [-0.1, -0.05) is 35.5 Å². The van der Waals surface area contributed by atoms with Crippen LogP contribution in [0.1, 0.15) is 51.3 Å². The molecule has 1 heterocycles. The maximum Gasteiger partial charge on any atom is 0.135 e. The molecule has 2 aromatic rings. The van der Waals surface area contributed by atoms with Gasteiger partial charge in [0.05, 0.1) is 11.4 Å². The van der Waals surface area contributed by atoms with Gasteiger partial charge in [0.1, 0.15) is 11.6 Å². The fourth-order valence-electron chi connectivity index (χ4n) is 5.21. The summed E-state index contributed by atoms with van der Waals surface area (Å²) < 4.78 is 15.5. The lowest BCUT2D eigenvalue weighted by Gasteiger charge is -2.43. The zero-order chi connectivity index (χ0) is 25.7. The molecule has 0 saturated carbocycles. The van der Waals surface area contributed by atoms with E-state index in [0.29, 0.717) is 18.7 Å². The number of hydrogen-bond acceptors (Lipinski definition) is 4. The Balaban J connectivity index is 1.88. The molecule has 0 aliphatic heterocycles. The molecule has 0 saturated heterocycles. The van der Waals surface area contributed by atoms with Gasteiger partial charge in [-0.2, -0.15) is 0 Å². The van der Waals surface area contributed by atoms with Crippen LogP contribution in [-0.2, 0) is 7.05 Å². The molecule has 36 heavy (non-hydrogen) atoms. The minimum atomic E-state index is -0.397. The lowest BCUT2D eigenvalue weighted by Crippen LogP contribution is -2.33. The molecule has 0 amide bonds. The molecule has 1 unspecified atom stereocenters. The first-order chi connectivity index (χ1) is 17.4. The highest BCUT2D eigenvalue weighted by Crippen LogP contribution is 2.54. The van der Waals surface area contributed by atoms with Crippen LogP contribution >= 0.6 is 0 Å². The number of aromatic nitrogens is 2. The molecule has 6 heteroatoms. The van der Waals surface area contributed by atoms with Crippen molar-refractivity contribution in [2.75, 3.05) is 6.54 Å². The summed E-state index contributed by atoms with van der Waals surface area (Å²) in [6.45, 7) is 7.40. The van der Waals surface area contributed by atoms with E-state index >= 15 is 0 Å². The van der Waals surface area contributed by atoms with E-state index in [0.717, 1.165) is 54.8 Å². The van der Waals surface area contributed by atoms with Crippen molar-refractivity contribution < 1.29 is 4.39 Å². The second kappa shape index (κ2) is 11.0. The standard InChI is InChI=1S/C30H36FN5/c1-21-6-8-23(9-7-21)18-30(22(2)29-34-15-16-36(29)3)19-24(20-33)28(17-25(30)5-4-14-32)35-27-12-10-26(31)11-13-27/h6,8,10-13,15-17,20H,2,4-5,7,9,14,18-19,32-33H2,1,3H3. The van der Waals surface area contributed by atoms with Crippen LogP contribution in [0.4, 0.5) is 10.1 Å². The summed E-state index contributed by atoms with van der Waals surface area (Å²) in [5, 5.41) is 0. The van der Waals surface area contributed by atoms with Gasteiger partial charge in [-0.05, 0) is 99.7 Å². The molecule has 0 bridgehead atoms. The summed E-state index contributed by atoms with van der Waals surface area (Å²) in [6.07, 6.45) is 17.3. The van der Waals surface area contributed by atoms with Crippen LogP contribution in [0.25, 0.3) is 5.57 Å². The Kier molecular flexibility index (Phi) is 7.85. The average molecular weight is 486 g/mol. The lowest BCUT2D eigenvalue weighted by atomic mass is 9.61. The highest BCUT2D eigenvalue weighted by atomic mass is 19.1. The lowest BCUT2D eigenvalue weighted by molar-refractivity contribution is 0.438. The number of hydrogen-bond donors (Lipinski definition) is 2. The molecule has 4 rings (SSSR count). The highest BCUT2D eigenvalue weighted by molar-refractivity contribution is 6.11. The third-order valence-corrected chi connectivity index (χ3v) is 7.32. The SMILES string of the molecule is C=C(c1nccn1C)C1(CC2=CC=C(C)CC2)CC(=CN)C(=Nc2ccc(F)cc2)C=C1CCCN. The summed E-state index contributed by atoms with van der Waals surface area (Å²) in [4.78, 5) is 9.52. The van der Waals surface area contributed by atoms with Crippen LogP contribution < -0.4 is 11.5 Å². The first kappa shape index (κ1) is 25.6. The van der Waals surface area contributed by atoms with Gasteiger partial charge < -0.3 is 16.0 Å². The number of aliphatic imine (C=N–C) groups is 1. The fourth-order valence-corrected chi connectivity index (χ4v) is 5.21. The monoisotopic (exact) mass is 485 g/mol. The van der Waals surface area contributed by atoms with E-state index in [1.807, 2.05) is 24.0 Å². The van der Waals surface area contributed by atoms with E-state index in [1.165, 1.54) is 28.9 Å². The summed E-state index contributed by atoms with van der Waals surface area (Å²) in [5.41, 5.74) is 19.2.